The average Bonchev–Trinajstić information content (AvgIpc) is 2.14. The second-order valence-corrected chi connectivity index (χ2v) is 5.56. The molecule has 0 fully saturated rings. The Morgan fingerprint density at radius 3 is 2.31 bits per heavy atom. The van der Waals surface area contributed by atoms with E-state index in [1.807, 2.05) is 6.92 Å². The van der Waals surface area contributed by atoms with Crippen LogP contribution in [0.4, 0.5) is 0 Å². The van der Waals surface area contributed by atoms with Gasteiger partial charge in [-0.15, -0.1) is 0 Å². The number of aromatic nitrogens is 1. The molecule has 2 aromatic rings. The Morgan fingerprint density at radius 2 is 1.69 bits per heavy atom. The molecule has 1 aromatic carbocycles. The molecule has 0 saturated heterocycles. The van der Waals surface area contributed by atoms with Gasteiger partial charge in [-0.2, -0.15) is 0 Å². The van der Waals surface area contributed by atoms with E-state index in [0.717, 1.165) is 11.2 Å². The van der Waals surface area contributed by atoms with Crippen LogP contribution in [0.5, 0.6) is 0 Å². The Hall–Kier alpha value is -1.37. The van der Waals surface area contributed by atoms with Gasteiger partial charge in [-0.25, -0.2) is 0 Å². The molecule has 0 bridgehead atoms. The van der Waals surface area contributed by atoms with Gasteiger partial charge in [-0.3, -0.25) is 4.98 Å². The van der Waals surface area contributed by atoms with Crippen LogP contribution in [0.3, 0.4) is 0 Å². The quantitative estimate of drug-likeness (QED) is 0.640. The van der Waals surface area contributed by atoms with Gasteiger partial charge in [0.15, 0.2) is 0 Å². The van der Waals surface area contributed by atoms with E-state index in [1.165, 1.54) is 16.5 Å². The smallest absolute Gasteiger partial charge is 0.0707 e. The summed E-state index contributed by atoms with van der Waals surface area (Å²) >= 11 is 0. The summed E-state index contributed by atoms with van der Waals surface area (Å²) in [5.74, 6) is 0. The van der Waals surface area contributed by atoms with E-state index in [1.54, 1.807) is 0 Å². The standard InChI is InChI=1S/C15H19N/c1-10-8-14-12(7-6-11(2)16-14)9-13(10)15(3,4)5/h6-9H,1-5H3. The second-order valence-electron chi connectivity index (χ2n) is 5.56. The third-order valence-electron chi connectivity index (χ3n) is 2.98. The van der Waals surface area contributed by atoms with Crippen molar-refractivity contribution in [3.8, 4) is 0 Å². The number of rotatable bonds is 0. The molecular weight excluding hydrogens is 194 g/mol. The van der Waals surface area contributed by atoms with Gasteiger partial charge in [0, 0.05) is 11.1 Å². The Labute approximate surface area is 97.5 Å². The predicted molar refractivity (Wildman–Crippen MR) is 69.9 cm³/mol. The van der Waals surface area contributed by atoms with E-state index < -0.39 is 0 Å². The molecule has 1 aromatic heterocycles. The molecule has 2 rings (SSSR count). The van der Waals surface area contributed by atoms with Crippen molar-refractivity contribution in [3.05, 3.63) is 41.1 Å². The van der Waals surface area contributed by atoms with E-state index in [0.29, 0.717) is 0 Å². The molecule has 0 aliphatic carbocycles. The monoisotopic (exact) mass is 213 g/mol. The normalized spacial score (nSPS) is 12.1. The Bertz CT molecular complexity index is 533. The van der Waals surface area contributed by atoms with Crippen molar-refractivity contribution in [1.29, 1.82) is 0 Å². The molecule has 0 aliphatic heterocycles. The van der Waals surface area contributed by atoms with E-state index in [-0.39, 0.29) is 5.41 Å². The maximum absolute atomic E-state index is 4.56. The zero-order chi connectivity index (χ0) is 11.9. The van der Waals surface area contributed by atoms with Gasteiger partial charge >= 0.3 is 0 Å². The molecule has 84 valence electrons. The summed E-state index contributed by atoms with van der Waals surface area (Å²) in [6.45, 7) is 11.0. The minimum Gasteiger partial charge on any atom is -0.253 e. The first-order valence-corrected chi connectivity index (χ1v) is 5.76. The lowest BCUT2D eigenvalue weighted by Gasteiger charge is -2.22. The first-order valence-electron chi connectivity index (χ1n) is 5.76. The van der Waals surface area contributed by atoms with Crippen LogP contribution in [0.15, 0.2) is 24.3 Å². The predicted octanol–water partition coefficient (Wildman–Crippen LogP) is 4.15. The van der Waals surface area contributed by atoms with Crippen LogP contribution in [0.1, 0.15) is 37.6 Å². The van der Waals surface area contributed by atoms with Gasteiger partial charge in [-0.05, 0) is 48.6 Å². The van der Waals surface area contributed by atoms with Crippen molar-refractivity contribution in [2.75, 3.05) is 0 Å². The summed E-state index contributed by atoms with van der Waals surface area (Å²) < 4.78 is 0. The highest BCUT2D eigenvalue weighted by molar-refractivity contribution is 5.80. The van der Waals surface area contributed by atoms with Crippen molar-refractivity contribution < 1.29 is 0 Å². The lowest BCUT2D eigenvalue weighted by atomic mass is 9.83. The topological polar surface area (TPSA) is 12.9 Å². The number of fused-ring (bicyclic) bond motifs is 1. The first kappa shape index (κ1) is 11.1. The number of pyridine rings is 1. The molecule has 1 heterocycles. The Balaban J connectivity index is 2.72. The summed E-state index contributed by atoms with van der Waals surface area (Å²) in [6, 6.07) is 8.70. The fraction of sp³-hybridized carbons (Fsp3) is 0.400. The summed E-state index contributed by atoms with van der Waals surface area (Å²) in [5.41, 5.74) is 5.12. The maximum Gasteiger partial charge on any atom is 0.0707 e. The largest absolute Gasteiger partial charge is 0.253 e. The molecule has 0 N–H and O–H groups in total. The van der Waals surface area contributed by atoms with Gasteiger partial charge in [0.2, 0.25) is 0 Å². The molecule has 0 spiro atoms. The van der Waals surface area contributed by atoms with E-state index >= 15 is 0 Å². The minimum absolute atomic E-state index is 0.198. The second kappa shape index (κ2) is 3.58. The molecule has 0 unspecified atom stereocenters. The number of nitrogens with zero attached hydrogens (tertiary/aromatic N) is 1. The van der Waals surface area contributed by atoms with Crippen LogP contribution in [0.2, 0.25) is 0 Å². The zero-order valence-electron chi connectivity index (χ0n) is 10.8. The third kappa shape index (κ3) is 1.95. The first-order chi connectivity index (χ1) is 7.38. The van der Waals surface area contributed by atoms with Crippen molar-refractivity contribution in [2.45, 2.75) is 40.0 Å². The van der Waals surface area contributed by atoms with Gasteiger partial charge < -0.3 is 0 Å². The van der Waals surface area contributed by atoms with Gasteiger partial charge in [0.05, 0.1) is 5.52 Å². The highest BCUT2D eigenvalue weighted by atomic mass is 14.7. The Morgan fingerprint density at radius 1 is 1.00 bits per heavy atom. The van der Waals surface area contributed by atoms with E-state index in [4.69, 9.17) is 0 Å². The van der Waals surface area contributed by atoms with Gasteiger partial charge in [0.1, 0.15) is 0 Å². The molecule has 16 heavy (non-hydrogen) atoms. The summed E-state index contributed by atoms with van der Waals surface area (Å²) in [7, 11) is 0. The van der Waals surface area contributed by atoms with Crippen molar-refractivity contribution in [1.82, 2.24) is 4.98 Å². The lowest BCUT2D eigenvalue weighted by molar-refractivity contribution is 0.587. The lowest BCUT2D eigenvalue weighted by Crippen LogP contribution is -2.13. The molecule has 0 aliphatic rings. The SMILES string of the molecule is Cc1ccc2cc(C(C)(C)C)c(C)cc2n1. The van der Waals surface area contributed by atoms with E-state index in [2.05, 4.69) is 56.9 Å². The van der Waals surface area contributed by atoms with Crippen LogP contribution in [0, 0.1) is 13.8 Å². The summed E-state index contributed by atoms with van der Waals surface area (Å²) in [5, 5.41) is 1.24. The van der Waals surface area contributed by atoms with Crippen LogP contribution in [0.25, 0.3) is 10.9 Å². The fourth-order valence-electron chi connectivity index (χ4n) is 2.19. The molecule has 1 nitrogen and oxygen atoms in total. The van der Waals surface area contributed by atoms with E-state index in [9.17, 15) is 0 Å². The van der Waals surface area contributed by atoms with Gasteiger partial charge in [-0.1, -0.05) is 26.8 Å². The number of benzene rings is 1. The van der Waals surface area contributed by atoms with Crippen LogP contribution < -0.4 is 0 Å². The van der Waals surface area contributed by atoms with Crippen LogP contribution >= 0.6 is 0 Å². The number of hydrogen-bond donors (Lipinski definition) is 0. The number of aryl methyl sites for hydroxylation is 2. The molecule has 0 radical (unpaired) electrons. The van der Waals surface area contributed by atoms with Crippen molar-refractivity contribution >= 4 is 10.9 Å². The Kier molecular flexibility index (Phi) is 2.49. The van der Waals surface area contributed by atoms with Crippen molar-refractivity contribution in [2.24, 2.45) is 0 Å². The van der Waals surface area contributed by atoms with Crippen molar-refractivity contribution in [3.63, 3.8) is 0 Å². The van der Waals surface area contributed by atoms with Gasteiger partial charge in [0.25, 0.3) is 0 Å². The van der Waals surface area contributed by atoms with Crippen LogP contribution in [-0.4, -0.2) is 4.98 Å². The number of hydrogen-bond acceptors (Lipinski definition) is 1. The maximum atomic E-state index is 4.56. The minimum atomic E-state index is 0.198. The molecule has 0 amide bonds. The van der Waals surface area contributed by atoms with Crippen LogP contribution in [-0.2, 0) is 5.41 Å². The third-order valence-corrected chi connectivity index (χ3v) is 2.98. The fourth-order valence-corrected chi connectivity index (χ4v) is 2.19. The average molecular weight is 213 g/mol. The molecule has 0 saturated carbocycles. The zero-order valence-corrected chi connectivity index (χ0v) is 10.8. The summed E-state index contributed by atoms with van der Waals surface area (Å²) in [4.78, 5) is 4.56. The highest BCUT2D eigenvalue weighted by Gasteiger charge is 2.16. The highest BCUT2D eigenvalue weighted by Crippen LogP contribution is 2.28. The molecular formula is C15H19N. The molecule has 0 atom stereocenters. The summed E-state index contributed by atoms with van der Waals surface area (Å²) in [6.07, 6.45) is 0. The molecule has 1 heteroatoms.